The molecule has 0 radical (unpaired) electrons. The van der Waals surface area contributed by atoms with Crippen molar-refractivity contribution in [1.82, 2.24) is 14.8 Å². The number of amides is 1. The molecule has 0 unspecified atom stereocenters. The van der Waals surface area contributed by atoms with Crippen LogP contribution in [0.5, 0.6) is 5.75 Å². The van der Waals surface area contributed by atoms with E-state index in [0.717, 1.165) is 6.07 Å². The minimum Gasteiger partial charge on any atom is -0.406 e. The molecule has 0 aliphatic rings. The zero-order valence-corrected chi connectivity index (χ0v) is 15.2. The molecule has 0 fully saturated rings. The lowest BCUT2D eigenvalue weighted by molar-refractivity contribution is -0.143. The maximum atomic E-state index is 13.5. The van der Waals surface area contributed by atoms with Crippen LogP contribution < -0.4 is 10.1 Å². The van der Waals surface area contributed by atoms with Crippen molar-refractivity contribution < 1.29 is 35.9 Å². The van der Waals surface area contributed by atoms with E-state index in [1.54, 1.807) is 0 Å². The largest absolute Gasteiger partial charge is 0.437 e. The molecular weight excluding hydrogens is 442 g/mol. The van der Waals surface area contributed by atoms with Crippen molar-refractivity contribution in [3.63, 3.8) is 0 Å². The first-order chi connectivity index (χ1) is 13.9. The molecule has 0 aliphatic carbocycles. The molecule has 0 bridgehead atoms. The lowest BCUT2D eigenvalue weighted by Crippen LogP contribution is -2.21. The maximum Gasteiger partial charge on any atom is 0.437 e. The summed E-state index contributed by atoms with van der Waals surface area (Å²) in [6.07, 6.45) is -9.85. The molecular formula is C17H9ClF6N4O2. The lowest BCUT2D eigenvalue weighted by Gasteiger charge is -2.13. The summed E-state index contributed by atoms with van der Waals surface area (Å²) in [4.78, 5) is 15.3. The first-order valence-corrected chi connectivity index (χ1v) is 8.26. The summed E-state index contributed by atoms with van der Waals surface area (Å²) in [6, 6.07) is 6.72. The van der Waals surface area contributed by atoms with E-state index < -0.39 is 35.5 Å². The zero-order valence-electron chi connectivity index (χ0n) is 14.4. The molecule has 3 aromatic rings. The molecule has 0 aliphatic heterocycles. The molecule has 1 aromatic carbocycles. The number of benzene rings is 1. The normalized spacial score (nSPS) is 12.0. The number of carbonyl (C=O) groups is 1. The number of alkyl halides is 6. The minimum atomic E-state index is -4.95. The van der Waals surface area contributed by atoms with Crippen molar-refractivity contribution in [2.24, 2.45) is 0 Å². The molecule has 30 heavy (non-hydrogen) atoms. The number of rotatable bonds is 3. The van der Waals surface area contributed by atoms with Crippen molar-refractivity contribution in [1.29, 1.82) is 0 Å². The van der Waals surface area contributed by atoms with Gasteiger partial charge in [0, 0.05) is 11.2 Å². The summed E-state index contributed by atoms with van der Waals surface area (Å²) in [5, 5.41) is 5.82. The van der Waals surface area contributed by atoms with Gasteiger partial charge in [0.05, 0.1) is 17.4 Å². The fourth-order valence-electron chi connectivity index (χ4n) is 2.31. The SMILES string of the molecule is O=C(Nc1ccc(C(F)(F)F)cn1)Oc1cnn(-c2ccc(Cl)cc2)c1C(F)(F)F. The number of carbonyl (C=O) groups excluding carboxylic acids is 1. The fourth-order valence-corrected chi connectivity index (χ4v) is 2.44. The number of nitrogens with zero attached hydrogens (tertiary/aromatic N) is 3. The summed E-state index contributed by atoms with van der Waals surface area (Å²) < 4.78 is 83.3. The number of hydrogen-bond donors (Lipinski definition) is 1. The molecule has 2 aromatic heterocycles. The van der Waals surface area contributed by atoms with Crippen molar-refractivity contribution in [2.45, 2.75) is 12.4 Å². The van der Waals surface area contributed by atoms with Gasteiger partial charge in [-0.05, 0) is 36.4 Å². The number of pyridine rings is 1. The van der Waals surface area contributed by atoms with Gasteiger partial charge in [-0.3, -0.25) is 5.32 Å². The van der Waals surface area contributed by atoms with Crippen LogP contribution in [0, 0.1) is 0 Å². The third-order valence-corrected chi connectivity index (χ3v) is 3.85. The number of hydrogen-bond acceptors (Lipinski definition) is 4. The Morgan fingerprint density at radius 1 is 0.967 bits per heavy atom. The molecule has 2 heterocycles. The predicted molar refractivity (Wildman–Crippen MR) is 92.5 cm³/mol. The Balaban J connectivity index is 1.82. The van der Waals surface area contributed by atoms with Gasteiger partial charge in [0.1, 0.15) is 5.82 Å². The molecule has 13 heteroatoms. The van der Waals surface area contributed by atoms with Crippen LogP contribution in [-0.2, 0) is 12.4 Å². The van der Waals surface area contributed by atoms with E-state index in [4.69, 9.17) is 11.6 Å². The summed E-state index contributed by atoms with van der Waals surface area (Å²) in [5.74, 6) is -1.27. The van der Waals surface area contributed by atoms with Crippen LogP contribution in [0.25, 0.3) is 5.69 Å². The summed E-state index contributed by atoms with van der Waals surface area (Å²) in [5.41, 5.74) is -2.43. The van der Waals surface area contributed by atoms with E-state index in [-0.39, 0.29) is 11.5 Å². The number of anilines is 1. The van der Waals surface area contributed by atoms with Gasteiger partial charge in [-0.2, -0.15) is 31.4 Å². The van der Waals surface area contributed by atoms with Gasteiger partial charge in [-0.15, -0.1) is 0 Å². The average molecular weight is 451 g/mol. The van der Waals surface area contributed by atoms with E-state index in [1.165, 1.54) is 24.3 Å². The molecule has 158 valence electrons. The summed E-state index contributed by atoms with van der Waals surface area (Å²) in [7, 11) is 0. The maximum absolute atomic E-state index is 13.5. The Morgan fingerprint density at radius 2 is 1.63 bits per heavy atom. The van der Waals surface area contributed by atoms with Crippen LogP contribution in [-0.4, -0.2) is 20.9 Å². The second-order valence-corrected chi connectivity index (χ2v) is 6.12. The van der Waals surface area contributed by atoms with Crippen molar-refractivity contribution in [3.05, 3.63) is 65.1 Å². The molecule has 0 atom stereocenters. The van der Waals surface area contributed by atoms with Crippen LogP contribution in [0.4, 0.5) is 37.0 Å². The van der Waals surface area contributed by atoms with Gasteiger partial charge in [-0.25, -0.2) is 14.5 Å². The van der Waals surface area contributed by atoms with Gasteiger partial charge in [-0.1, -0.05) is 11.6 Å². The second-order valence-electron chi connectivity index (χ2n) is 5.69. The van der Waals surface area contributed by atoms with Crippen LogP contribution in [0.15, 0.2) is 48.8 Å². The number of nitrogens with one attached hydrogen (secondary N) is 1. The van der Waals surface area contributed by atoms with Crippen molar-refractivity contribution >= 4 is 23.5 Å². The molecule has 0 saturated heterocycles. The molecule has 0 saturated carbocycles. The highest BCUT2D eigenvalue weighted by atomic mass is 35.5. The van der Waals surface area contributed by atoms with E-state index in [0.29, 0.717) is 28.2 Å². The first kappa shape index (κ1) is 21.4. The second kappa shape index (κ2) is 7.86. The quantitative estimate of drug-likeness (QED) is 0.530. The van der Waals surface area contributed by atoms with Gasteiger partial charge in [0.15, 0.2) is 11.4 Å². The smallest absolute Gasteiger partial charge is 0.406 e. The van der Waals surface area contributed by atoms with Crippen LogP contribution in [0.3, 0.4) is 0 Å². The average Bonchev–Trinajstić information content (AvgIpc) is 3.05. The summed E-state index contributed by atoms with van der Waals surface area (Å²) >= 11 is 5.72. The van der Waals surface area contributed by atoms with E-state index >= 15 is 0 Å². The Labute approximate surface area is 169 Å². The fraction of sp³-hybridized carbons (Fsp3) is 0.118. The molecule has 1 amide bonds. The highest BCUT2D eigenvalue weighted by Gasteiger charge is 2.40. The monoisotopic (exact) mass is 450 g/mol. The number of halogens is 7. The molecule has 6 nitrogen and oxygen atoms in total. The Morgan fingerprint density at radius 3 is 2.17 bits per heavy atom. The Kier molecular flexibility index (Phi) is 5.61. The van der Waals surface area contributed by atoms with Crippen LogP contribution in [0.2, 0.25) is 5.02 Å². The predicted octanol–water partition coefficient (Wildman–Crippen LogP) is 5.57. The zero-order chi connectivity index (χ0) is 22.1. The number of ether oxygens (including phenoxy) is 1. The van der Waals surface area contributed by atoms with Gasteiger partial charge in [0.25, 0.3) is 0 Å². The Bertz CT molecular complexity index is 1050. The van der Waals surface area contributed by atoms with Gasteiger partial charge >= 0.3 is 18.4 Å². The third-order valence-electron chi connectivity index (χ3n) is 3.60. The highest BCUT2D eigenvalue weighted by Crippen LogP contribution is 2.38. The van der Waals surface area contributed by atoms with E-state index in [1.807, 2.05) is 5.32 Å². The molecule has 3 rings (SSSR count). The van der Waals surface area contributed by atoms with Gasteiger partial charge in [0.2, 0.25) is 0 Å². The standard InChI is InChI=1S/C17H9ClF6N4O2/c18-10-2-4-11(5-3-10)28-14(17(22,23)24)12(8-26-28)30-15(29)27-13-6-1-9(7-25-13)16(19,20)21/h1-8H,(H,25,27,29). The van der Waals surface area contributed by atoms with Crippen LogP contribution in [0.1, 0.15) is 11.3 Å². The van der Waals surface area contributed by atoms with Crippen LogP contribution >= 0.6 is 11.6 Å². The molecule has 1 N–H and O–H groups in total. The highest BCUT2D eigenvalue weighted by molar-refractivity contribution is 6.30. The minimum absolute atomic E-state index is 0.00592. The first-order valence-electron chi connectivity index (χ1n) is 7.88. The Hall–Kier alpha value is -3.28. The molecule has 0 spiro atoms. The van der Waals surface area contributed by atoms with Crippen molar-refractivity contribution in [2.75, 3.05) is 5.32 Å². The third kappa shape index (κ3) is 4.82. The van der Waals surface area contributed by atoms with Crippen molar-refractivity contribution in [3.8, 4) is 11.4 Å². The summed E-state index contributed by atoms with van der Waals surface area (Å²) in [6.45, 7) is 0. The number of aromatic nitrogens is 3. The lowest BCUT2D eigenvalue weighted by atomic mass is 10.3. The van der Waals surface area contributed by atoms with E-state index in [2.05, 4.69) is 14.8 Å². The van der Waals surface area contributed by atoms with Gasteiger partial charge < -0.3 is 4.74 Å². The van der Waals surface area contributed by atoms with E-state index in [9.17, 15) is 31.1 Å². The topological polar surface area (TPSA) is 69.0 Å².